The molecule has 0 aromatic heterocycles. The molecule has 1 N–H and O–H groups in total. The van der Waals surface area contributed by atoms with Crippen molar-refractivity contribution in [2.75, 3.05) is 11.5 Å². The van der Waals surface area contributed by atoms with Crippen LogP contribution >= 0.6 is 0 Å². The summed E-state index contributed by atoms with van der Waals surface area (Å²) in [6.07, 6.45) is 2.28. The molecule has 3 aromatic carbocycles. The molecule has 7 heteroatoms. The molecule has 1 saturated heterocycles. The van der Waals surface area contributed by atoms with E-state index < -0.39 is 17.8 Å². The smallest absolute Gasteiger partial charge is 0.335 e. The Hall–Kier alpha value is -4.39. The van der Waals surface area contributed by atoms with Gasteiger partial charge in [-0.15, -0.1) is 0 Å². The van der Waals surface area contributed by atoms with E-state index in [0.717, 1.165) is 22.4 Å². The van der Waals surface area contributed by atoms with Crippen LogP contribution in [0.2, 0.25) is 0 Å². The Bertz CT molecular complexity index is 1270. The van der Waals surface area contributed by atoms with Crippen LogP contribution in [0.1, 0.15) is 30.5 Å². The van der Waals surface area contributed by atoms with Crippen LogP contribution in [-0.2, 0) is 22.6 Å². The van der Waals surface area contributed by atoms with Crippen LogP contribution in [0.3, 0.4) is 0 Å². The van der Waals surface area contributed by atoms with E-state index in [-0.39, 0.29) is 5.57 Å². The molecule has 1 fully saturated rings. The Labute approximate surface area is 204 Å². The van der Waals surface area contributed by atoms with E-state index in [2.05, 4.69) is 5.32 Å². The number of urea groups is 1. The Morgan fingerprint density at radius 1 is 0.829 bits per heavy atom. The fourth-order valence-corrected chi connectivity index (χ4v) is 3.68. The number of imide groups is 2. The average Bonchev–Trinajstić information content (AvgIpc) is 2.87. The number of aryl methyl sites for hydroxylation is 1. The molecule has 0 radical (unpaired) electrons. The van der Waals surface area contributed by atoms with Crippen molar-refractivity contribution < 1.29 is 23.9 Å². The Morgan fingerprint density at radius 3 is 2.26 bits per heavy atom. The molecule has 0 unspecified atom stereocenters. The molecule has 1 aliphatic heterocycles. The molecule has 0 saturated carbocycles. The quantitative estimate of drug-likeness (QED) is 0.374. The molecule has 4 amide bonds. The van der Waals surface area contributed by atoms with Crippen molar-refractivity contribution in [3.63, 3.8) is 0 Å². The lowest BCUT2D eigenvalue weighted by atomic mass is 10.1. The molecule has 0 spiro atoms. The third kappa shape index (κ3) is 5.41. The number of hydrogen-bond donors (Lipinski definition) is 1. The van der Waals surface area contributed by atoms with E-state index >= 15 is 0 Å². The van der Waals surface area contributed by atoms with Gasteiger partial charge in [-0.25, -0.2) is 9.69 Å². The summed E-state index contributed by atoms with van der Waals surface area (Å²) >= 11 is 0. The lowest BCUT2D eigenvalue weighted by Gasteiger charge is -2.26. The molecule has 35 heavy (non-hydrogen) atoms. The van der Waals surface area contributed by atoms with Crippen LogP contribution < -0.4 is 19.7 Å². The normalized spacial score (nSPS) is 14.7. The van der Waals surface area contributed by atoms with E-state index in [4.69, 9.17) is 9.47 Å². The number of carbonyl (C=O) groups is 3. The van der Waals surface area contributed by atoms with Crippen LogP contribution in [0.15, 0.2) is 78.4 Å². The maximum atomic E-state index is 13.2. The van der Waals surface area contributed by atoms with Crippen molar-refractivity contribution >= 4 is 29.6 Å². The van der Waals surface area contributed by atoms with Crippen molar-refractivity contribution in [1.82, 2.24) is 5.32 Å². The van der Waals surface area contributed by atoms with Crippen LogP contribution in [-0.4, -0.2) is 24.5 Å². The summed E-state index contributed by atoms with van der Waals surface area (Å²) in [4.78, 5) is 39.1. The van der Waals surface area contributed by atoms with Crippen LogP contribution in [0.4, 0.5) is 10.5 Å². The van der Waals surface area contributed by atoms with E-state index in [1.54, 1.807) is 30.3 Å². The van der Waals surface area contributed by atoms with E-state index in [1.165, 1.54) is 6.08 Å². The molecule has 7 nitrogen and oxygen atoms in total. The standard InChI is InChI=1S/C28H26N2O5/c1-3-19-10-13-22(14-11-19)30-27(32)23(26(31)29-28(30)33)16-21-12-15-24(25(17-21)34-4-2)35-18-20-8-6-5-7-9-20/h5-17H,3-4,18H2,1-2H3,(H,29,31,33)/b23-16-. The highest BCUT2D eigenvalue weighted by Crippen LogP contribution is 2.31. The Kier molecular flexibility index (Phi) is 7.26. The van der Waals surface area contributed by atoms with Gasteiger partial charge in [-0.1, -0.05) is 55.5 Å². The van der Waals surface area contributed by atoms with Gasteiger partial charge < -0.3 is 9.47 Å². The Morgan fingerprint density at radius 2 is 1.57 bits per heavy atom. The van der Waals surface area contributed by atoms with Gasteiger partial charge in [0.25, 0.3) is 11.8 Å². The van der Waals surface area contributed by atoms with Crippen molar-refractivity contribution in [2.24, 2.45) is 0 Å². The summed E-state index contributed by atoms with van der Waals surface area (Å²) in [5.41, 5.74) is 2.90. The zero-order chi connectivity index (χ0) is 24.8. The second-order valence-electron chi connectivity index (χ2n) is 7.89. The SMILES string of the molecule is CCOc1cc(/C=C2/C(=O)NC(=O)N(c3ccc(CC)cc3)C2=O)ccc1OCc1ccccc1. The van der Waals surface area contributed by atoms with Gasteiger partial charge in [0.2, 0.25) is 0 Å². The first kappa shape index (κ1) is 23.8. The molecule has 178 valence electrons. The van der Waals surface area contributed by atoms with Crippen molar-refractivity contribution in [3.8, 4) is 11.5 Å². The predicted molar refractivity (Wildman–Crippen MR) is 133 cm³/mol. The number of nitrogens with zero attached hydrogens (tertiary/aromatic N) is 1. The molecule has 3 aromatic rings. The van der Waals surface area contributed by atoms with Gasteiger partial charge in [0.05, 0.1) is 12.3 Å². The van der Waals surface area contributed by atoms with Crippen LogP contribution in [0.5, 0.6) is 11.5 Å². The van der Waals surface area contributed by atoms with E-state index in [0.29, 0.717) is 36.0 Å². The first-order valence-corrected chi connectivity index (χ1v) is 11.4. The topological polar surface area (TPSA) is 84.9 Å². The minimum Gasteiger partial charge on any atom is -0.490 e. The molecule has 1 heterocycles. The number of barbiturate groups is 1. The van der Waals surface area contributed by atoms with Crippen molar-refractivity contribution in [3.05, 3.63) is 95.1 Å². The number of rotatable bonds is 8. The number of carbonyl (C=O) groups excluding carboxylic acids is 3. The number of nitrogens with one attached hydrogen (secondary N) is 1. The first-order chi connectivity index (χ1) is 17.0. The lowest BCUT2D eigenvalue weighted by Crippen LogP contribution is -2.54. The molecule has 4 rings (SSSR count). The first-order valence-electron chi connectivity index (χ1n) is 11.4. The molecule has 1 aliphatic rings. The summed E-state index contributed by atoms with van der Waals surface area (Å²) in [6, 6.07) is 21.2. The summed E-state index contributed by atoms with van der Waals surface area (Å²) in [7, 11) is 0. The predicted octanol–water partition coefficient (Wildman–Crippen LogP) is 4.89. The highest BCUT2D eigenvalue weighted by Gasteiger charge is 2.36. The van der Waals surface area contributed by atoms with E-state index in [9.17, 15) is 14.4 Å². The summed E-state index contributed by atoms with van der Waals surface area (Å²) in [6.45, 7) is 4.66. The monoisotopic (exact) mass is 470 g/mol. The molecular formula is C28H26N2O5. The number of ether oxygens (including phenoxy) is 2. The fourth-order valence-electron chi connectivity index (χ4n) is 3.68. The zero-order valence-corrected chi connectivity index (χ0v) is 19.6. The molecule has 0 bridgehead atoms. The van der Waals surface area contributed by atoms with Gasteiger partial charge >= 0.3 is 6.03 Å². The van der Waals surface area contributed by atoms with Gasteiger partial charge in [-0.3, -0.25) is 14.9 Å². The largest absolute Gasteiger partial charge is 0.490 e. The third-order valence-corrected chi connectivity index (χ3v) is 5.52. The summed E-state index contributed by atoms with van der Waals surface area (Å²) in [5.74, 6) is -0.399. The molecular weight excluding hydrogens is 444 g/mol. The minimum atomic E-state index is -0.777. The number of amides is 4. The third-order valence-electron chi connectivity index (χ3n) is 5.52. The van der Waals surface area contributed by atoms with Crippen LogP contribution in [0, 0.1) is 0 Å². The van der Waals surface area contributed by atoms with Gasteiger partial charge in [0.1, 0.15) is 12.2 Å². The van der Waals surface area contributed by atoms with Crippen LogP contribution in [0.25, 0.3) is 6.08 Å². The van der Waals surface area contributed by atoms with Gasteiger partial charge in [-0.05, 0) is 60.4 Å². The molecule has 0 aliphatic carbocycles. The highest BCUT2D eigenvalue weighted by molar-refractivity contribution is 6.39. The lowest BCUT2D eigenvalue weighted by molar-refractivity contribution is -0.122. The Balaban J connectivity index is 1.60. The van der Waals surface area contributed by atoms with Gasteiger partial charge in [0.15, 0.2) is 11.5 Å². The maximum Gasteiger partial charge on any atom is 0.335 e. The van der Waals surface area contributed by atoms with E-state index in [1.807, 2.05) is 56.3 Å². The number of benzene rings is 3. The van der Waals surface area contributed by atoms with Crippen molar-refractivity contribution in [2.45, 2.75) is 26.9 Å². The summed E-state index contributed by atoms with van der Waals surface area (Å²) < 4.78 is 11.7. The average molecular weight is 471 g/mol. The van der Waals surface area contributed by atoms with Crippen molar-refractivity contribution in [1.29, 1.82) is 0 Å². The zero-order valence-electron chi connectivity index (χ0n) is 19.6. The van der Waals surface area contributed by atoms with Gasteiger partial charge in [0, 0.05) is 0 Å². The fraction of sp³-hybridized carbons (Fsp3) is 0.179. The number of hydrogen-bond acceptors (Lipinski definition) is 5. The maximum absolute atomic E-state index is 13.2. The second kappa shape index (κ2) is 10.7. The number of anilines is 1. The van der Waals surface area contributed by atoms with Gasteiger partial charge in [-0.2, -0.15) is 0 Å². The highest BCUT2D eigenvalue weighted by atomic mass is 16.5. The minimum absolute atomic E-state index is 0.149. The second-order valence-corrected chi connectivity index (χ2v) is 7.89. The molecule has 0 atom stereocenters. The summed E-state index contributed by atoms with van der Waals surface area (Å²) in [5, 5.41) is 2.25.